The van der Waals surface area contributed by atoms with Crippen molar-refractivity contribution in [3.8, 4) is 5.75 Å². The van der Waals surface area contributed by atoms with Crippen LogP contribution >= 0.6 is 11.6 Å². The van der Waals surface area contributed by atoms with E-state index in [1.807, 2.05) is 24.0 Å². The van der Waals surface area contributed by atoms with E-state index in [1.165, 1.54) is 6.42 Å². The molecule has 0 saturated carbocycles. The van der Waals surface area contributed by atoms with E-state index in [2.05, 4.69) is 0 Å². The number of carbonyl (C=O) groups is 1. The molecule has 3 nitrogen and oxygen atoms in total. The lowest BCUT2D eigenvalue weighted by Crippen LogP contribution is -2.44. The van der Waals surface area contributed by atoms with E-state index in [4.69, 9.17) is 16.3 Å². The maximum Gasteiger partial charge on any atom is 0.263 e. The van der Waals surface area contributed by atoms with Crippen molar-refractivity contribution in [3.05, 3.63) is 29.3 Å². The second kappa shape index (κ2) is 6.80. The molecule has 1 aromatic carbocycles. The molecular formula is C15H20ClNO2. The third kappa shape index (κ3) is 3.87. The summed E-state index contributed by atoms with van der Waals surface area (Å²) in [5.41, 5.74) is 0. The molecule has 4 heteroatoms. The Balaban J connectivity index is 2.00. The van der Waals surface area contributed by atoms with E-state index in [0.717, 1.165) is 25.9 Å². The fourth-order valence-electron chi connectivity index (χ4n) is 2.33. The van der Waals surface area contributed by atoms with Crippen LogP contribution in [0.2, 0.25) is 5.02 Å². The monoisotopic (exact) mass is 281 g/mol. The summed E-state index contributed by atoms with van der Waals surface area (Å²) >= 11 is 5.92. The van der Waals surface area contributed by atoms with Crippen LogP contribution in [-0.2, 0) is 4.79 Å². The molecular weight excluding hydrogens is 262 g/mol. The number of piperidine rings is 1. The zero-order chi connectivity index (χ0) is 13.7. The molecule has 0 unspecified atom stereocenters. The van der Waals surface area contributed by atoms with Crippen molar-refractivity contribution in [1.82, 2.24) is 4.90 Å². The average Bonchev–Trinajstić information content (AvgIpc) is 2.45. The average molecular weight is 282 g/mol. The maximum atomic E-state index is 12.4. The molecule has 1 saturated heterocycles. The van der Waals surface area contributed by atoms with E-state index in [0.29, 0.717) is 17.2 Å². The van der Waals surface area contributed by atoms with Crippen molar-refractivity contribution >= 4 is 17.5 Å². The SMILES string of the molecule is CC[C@@H](Oc1cccc(Cl)c1)C(=O)N1CCCCC1. The number of nitrogens with zero attached hydrogens (tertiary/aromatic N) is 1. The first-order chi connectivity index (χ1) is 9.20. The van der Waals surface area contributed by atoms with Crippen molar-refractivity contribution in [3.63, 3.8) is 0 Å². The van der Waals surface area contributed by atoms with Gasteiger partial charge in [0.1, 0.15) is 5.75 Å². The summed E-state index contributed by atoms with van der Waals surface area (Å²) in [4.78, 5) is 14.3. The Morgan fingerprint density at radius 2 is 2.11 bits per heavy atom. The maximum absolute atomic E-state index is 12.4. The Labute approximate surface area is 119 Å². The lowest BCUT2D eigenvalue weighted by Gasteiger charge is -2.30. The van der Waals surface area contributed by atoms with Gasteiger partial charge < -0.3 is 9.64 Å². The van der Waals surface area contributed by atoms with E-state index in [1.54, 1.807) is 12.1 Å². The van der Waals surface area contributed by atoms with Crippen molar-refractivity contribution < 1.29 is 9.53 Å². The van der Waals surface area contributed by atoms with E-state index < -0.39 is 6.10 Å². The Kier molecular flexibility index (Phi) is 5.08. The molecule has 2 rings (SSSR count). The van der Waals surface area contributed by atoms with Crippen LogP contribution in [0.25, 0.3) is 0 Å². The van der Waals surface area contributed by atoms with Gasteiger partial charge in [-0.25, -0.2) is 0 Å². The van der Waals surface area contributed by atoms with Gasteiger partial charge in [0, 0.05) is 18.1 Å². The van der Waals surface area contributed by atoms with Crippen LogP contribution in [0.5, 0.6) is 5.75 Å². The predicted molar refractivity (Wildman–Crippen MR) is 76.6 cm³/mol. The van der Waals surface area contributed by atoms with Gasteiger partial charge in [0.15, 0.2) is 6.10 Å². The Bertz CT molecular complexity index is 430. The van der Waals surface area contributed by atoms with Gasteiger partial charge in [-0.1, -0.05) is 24.6 Å². The largest absolute Gasteiger partial charge is 0.481 e. The standard InChI is InChI=1S/C15H20ClNO2/c1-2-14(15(18)17-9-4-3-5-10-17)19-13-8-6-7-12(16)11-13/h6-8,11,14H,2-5,9-10H2,1H3/t14-/m1/s1. The van der Waals surface area contributed by atoms with E-state index in [9.17, 15) is 4.79 Å². The quantitative estimate of drug-likeness (QED) is 0.845. The highest BCUT2D eigenvalue weighted by Gasteiger charge is 2.25. The third-order valence-corrected chi connectivity index (χ3v) is 3.62. The Hall–Kier alpha value is -1.22. The molecule has 0 N–H and O–H groups in total. The molecule has 0 bridgehead atoms. The number of benzene rings is 1. The second-order valence-electron chi connectivity index (χ2n) is 4.86. The first-order valence-corrected chi connectivity index (χ1v) is 7.29. The number of likely N-dealkylation sites (tertiary alicyclic amines) is 1. The Morgan fingerprint density at radius 3 is 2.74 bits per heavy atom. The molecule has 1 fully saturated rings. The number of amides is 1. The number of ether oxygens (including phenoxy) is 1. The van der Waals surface area contributed by atoms with Crippen LogP contribution in [0.3, 0.4) is 0 Å². The van der Waals surface area contributed by atoms with Gasteiger partial charge in [0.2, 0.25) is 0 Å². The number of halogens is 1. The number of rotatable bonds is 4. The number of carbonyl (C=O) groups excluding carboxylic acids is 1. The summed E-state index contributed by atoms with van der Waals surface area (Å²) in [5.74, 6) is 0.756. The van der Waals surface area contributed by atoms with Gasteiger partial charge >= 0.3 is 0 Å². The van der Waals surface area contributed by atoms with Crippen molar-refractivity contribution in [2.24, 2.45) is 0 Å². The first-order valence-electron chi connectivity index (χ1n) is 6.91. The zero-order valence-electron chi connectivity index (χ0n) is 11.3. The molecule has 1 heterocycles. The van der Waals surface area contributed by atoms with Crippen LogP contribution < -0.4 is 4.74 Å². The summed E-state index contributed by atoms with van der Waals surface area (Å²) in [7, 11) is 0. The summed E-state index contributed by atoms with van der Waals surface area (Å²) in [6.45, 7) is 3.68. The van der Waals surface area contributed by atoms with Crippen LogP contribution in [0.1, 0.15) is 32.6 Å². The smallest absolute Gasteiger partial charge is 0.263 e. The Morgan fingerprint density at radius 1 is 1.37 bits per heavy atom. The van der Waals surface area contributed by atoms with Gasteiger partial charge in [0.05, 0.1) is 0 Å². The van der Waals surface area contributed by atoms with Gasteiger partial charge in [-0.15, -0.1) is 0 Å². The van der Waals surface area contributed by atoms with Gasteiger partial charge in [-0.3, -0.25) is 4.79 Å². The molecule has 0 aromatic heterocycles. The normalized spacial score (nSPS) is 17.1. The lowest BCUT2D eigenvalue weighted by molar-refractivity contribution is -0.139. The van der Waals surface area contributed by atoms with Crippen LogP contribution in [0, 0.1) is 0 Å². The first kappa shape index (κ1) is 14.2. The van der Waals surface area contributed by atoms with Gasteiger partial charge in [-0.2, -0.15) is 0 Å². The van der Waals surface area contributed by atoms with Crippen molar-refractivity contribution in [2.45, 2.75) is 38.7 Å². The topological polar surface area (TPSA) is 29.5 Å². The summed E-state index contributed by atoms with van der Waals surface area (Å²) in [5, 5.41) is 0.623. The van der Waals surface area contributed by atoms with Crippen molar-refractivity contribution in [1.29, 1.82) is 0 Å². The number of hydrogen-bond donors (Lipinski definition) is 0. The predicted octanol–water partition coefficient (Wildman–Crippen LogP) is 3.51. The minimum atomic E-state index is -0.406. The van der Waals surface area contributed by atoms with Crippen LogP contribution in [0.15, 0.2) is 24.3 Å². The lowest BCUT2D eigenvalue weighted by atomic mass is 10.1. The molecule has 0 aliphatic carbocycles. The molecule has 19 heavy (non-hydrogen) atoms. The molecule has 1 aliphatic heterocycles. The van der Waals surface area contributed by atoms with Crippen molar-refractivity contribution in [2.75, 3.05) is 13.1 Å². The van der Waals surface area contributed by atoms with E-state index in [-0.39, 0.29) is 5.91 Å². The summed E-state index contributed by atoms with van der Waals surface area (Å²) in [6, 6.07) is 7.20. The van der Waals surface area contributed by atoms with E-state index >= 15 is 0 Å². The molecule has 0 spiro atoms. The molecule has 1 amide bonds. The van der Waals surface area contributed by atoms with Gasteiger partial charge in [-0.05, 0) is 43.9 Å². The van der Waals surface area contributed by atoms with Crippen LogP contribution in [-0.4, -0.2) is 30.0 Å². The molecule has 104 valence electrons. The molecule has 1 aromatic rings. The third-order valence-electron chi connectivity index (χ3n) is 3.39. The molecule has 0 radical (unpaired) electrons. The minimum absolute atomic E-state index is 0.0992. The minimum Gasteiger partial charge on any atom is -0.481 e. The highest BCUT2D eigenvalue weighted by molar-refractivity contribution is 6.30. The second-order valence-corrected chi connectivity index (χ2v) is 5.29. The highest BCUT2D eigenvalue weighted by Crippen LogP contribution is 2.20. The number of hydrogen-bond acceptors (Lipinski definition) is 2. The zero-order valence-corrected chi connectivity index (χ0v) is 12.0. The molecule has 1 aliphatic rings. The molecule has 1 atom stereocenters. The fourth-order valence-corrected chi connectivity index (χ4v) is 2.51. The summed E-state index contributed by atoms with van der Waals surface area (Å²) < 4.78 is 5.78. The van der Waals surface area contributed by atoms with Gasteiger partial charge in [0.25, 0.3) is 5.91 Å². The van der Waals surface area contributed by atoms with Crippen LogP contribution in [0.4, 0.5) is 0 Å². The highest BCUT2D eigenvalue weighted by atomic mass is 35.5. The fraction of sp³-hybridized carbons (Fsp3) is 0.533. The summed E-state index contributed by atoms with van der Waals surface area (Å²) in [6.07, 6.45) is 3.67.